The summed E-state index contributed by atoms with van der Waals surface area (Å²) in [5.74, 6) is 0.548. The molecule has 0 saturated heterocycles. The summed E-state index contributed by atoms with van der Waals surface area (Å²) in [7, 11) is 0. The quantitative estimate of drug-likeness (QED) is 0.804. The molecule has 0 aliphatic heterocycles. The Hall–Kier alpha value is -1.36. The van der Waals surface area contributed by atoms with E-state index in [1.165, 1.54) is 18.9 Å². The molecule has 1 aliphatic carbocycles. The van der Waals surface area contributed by atoms with E-state index in [1.54, 1.807) is 0 Å². The molecule has 1 amide bonds. The van der Waals surface area contributed by atoms with Crippen LogP contribution in [-0.2, 0) is 0 Å². The number of aromatic nitrogens is 2. The van der Waals surface area contributed by atoms with Crippen LogP contribution in [0.5, 0.6) is 0 Å². The molecule has 2 rings (SSSR count). The van der Waals surface area contributed by atoms with Crippen molar-refractivity contribution in [1.82, 2.24) is 10.2 Å². The van der Waals surface area contributed by atoms with E-state index in [0.717, 1.165) is 6.54 Å². The van der Waals surface area contributed by atoms with E-state index in [0.29, 0.717) is 11.7 Å². The molecule has 1 saturated carbocycles. The van der Waals surface area contributed by atoms with Crippen molar-refractivity contribution in [3.8, 4) is 0 Å². The summed E-state index contributed by atoms with van der Waals surface area (Å²) in [5, 5.41) is 10.7. The Labute approximate surface area is 92.0 Å². The van der Waals surface area contributed by atoms with Gasteiger partial charge in [0.2, 0.25) is 0 Å². The molecule has 6 heteroatoms. The fourth-order valence-corrected chi connectivity index (χ4v) is 1.40. The van der Waals surface area contributed by atoms with Crippen LogP contribution < -0.4 is 11.1 Å². The van der Waals surface area contributed by atoms with Crippen LogP contribution in [0.4, 0.5) is 5.82 Å². The smallest absolute Gasteiger partial charge is 0.252 e. The molecule has 0 unspecified atom stereocenters. The van der Waals surface area contributed by atoms with Crippen molar-refractivity contribution >= 4 is 23.3 Å². The Bertz CT molecular complexity index is 392. The predicted molar refractivity (Wildman–Crippen MR) is 56.8 cm³/mol. The fourth-order valence-electron chi connectivity index (χ4n) is 1.25. The molecule has 3 N–H and O–H groups in total. The van der Waals surface area contributed by atoms with E-state index < -0.39 is 5.91 Å². The van der Waals surface area contributed by atoms with E-state index in [1.807, 2.05) is 0 Å². The number of halogens is 1. The van der Waals surface area contributed by atoms with Gasteiger partial charge in [-0.3, -0.25) is 4.79 Å². The van der Waals surface area contributed by atoms with Crippen LogP contribution in [0.25, 0.3) is 0 Å². The lowest BCUT2D eigenvalue weighted by atomic mass is 10.2. The molecule has 0 aromatic carbocycles. The average molecular weight is 227 g/mol. The first-order chi connectivity index (χ1) is 7.16. The third kappa shape index (κ3) is 2.56. The Morgan fingerprint density at radius 1 is 1.60 bits per heavy atom. The molecule has 0 radical (unpaired) electrons. The molecule has 15 heavy (non-hydrogen) atoms. The molecule has 5 nitrogen and oxygen atoms in total. The Balaban J connectivity index is 2.15. The van der Waals surface area contributed by atoms with Crippen LogP contribution in [0.2, 0.25) is 5.15 Å². The Morgan fingerprint density at radius 2 is 2.33 bits per heavy atom. The van der Waals surface area contributed by atoms with Crippen LogP contribution in [-0.4, -0.2) is 22.6 Å². The highest BCUT2D eigenvalue weighted by atomic mass is 35.5. The topological polar surface area (TPSA) is 80.9 Å². The number of nitrogens with one attached hydrogen (secondary N) is 1. The van der Waals surface area contributed by atoms with Gasteiger partial charge in [0.25, 0.3) is 5.91 Å². The number of primary amides is 1. The van der Waals surface area contributed by atoms with Crippen LogP contribution >= 0.6 is 11.6 Å². The zero-order valence-electron chi connectivity index (χ0n) is 8.03. The lowest BCUT2D eigenvalue weighted by Gasteiger charge is -2.07. The van der Waals surface area contributed by atoms with Crippen molar-refractivity contribution in [2.75, 3.05) is 11.9 Å². The van der Waals surface area contributed by atoms with Crippen molar-refractivity contribution < 1.29 is 4.79 Å². The highest BCUT2D eigenvalue weighted by Gasteiger charge is 2.22. The average Bonchev–Trinajstić information content (AvgIpc) is 2.99. The zero-order chi connectivity index (χ0) is 10.8. The molecule has 0 spiro atoms. The summed E-state index contributed by atoms with van der Waals surface area (Å²) < 4.78 is 0. The van der Waals surface area contributed by atoms with Crippen molar-refractivity contribution in [2.24, 2.45) is 11.7 Å². The SMILES string of the molecule is NC(=O)c1cc(Cl)nnc1NCC1CC1. The Kier molecular flexibility index (Phi) is 2.73. The number of hydrogen-bond donors (Lipinski definition) is 2. The second-order valence-corrected chi connectivity index (χ2v) is 4.01. The fraction of sp³-hybridized carbons (Fsp3) is 0.444. The zero-order valence-corrected chi connectivity index (χ0v) is 8.79. The maximum atomic E-state index is 11.1. The van der Waals surface area contributed by atoms with Gasteiger partial charge in [0.1, 0.15) is 0 Å². The van der Waals surface area contributed by atoms with Gasteiger partial charge in [-0.2, -0.15) is 0 Å². The van der Waals surface area contributed by atoms with Crippen LogP contribution in [0.15, 0.2) is 6.07 Å². The largest absolute Gasteiger partial charge is 0.368 e. The second-order valence-electron chi connectivity index (χ2n) is 3.62. The second kappa shape index (κ2) is 4.02. The molecule has 1 heterocycles. The normalized spacial score (nSPS) is 15.0. The molecular formula is C9H11ClN4O. The summed E-state index contributed by atoms with van der Waals surface area (Å²) in [6.45, 7) is 0.802. The lowest BCUT2D eigenvalue weighted by molar-refractivity contribution is 0.100. The molecule has 1 fully saturated rings. The Morgan fingerprint density at radius 3 is 2.93 bits per heavy atom. The minimum Gasteiger partial charge on any atom is -0.368 e. The van der Waals surface area contributed by atoms with E-state index in [2.05, 4.69) is 15.5 Å². The number of rotatable bonds is 4. The minimum absolute atomic E-state index is 0.167. The monoisotopic (exact) mass is 226 g/mol. The van der Waals surface area contributed by atoms with Gasteiger partial charge in [0.15, 0.2) is 11.0 Å². The molecule has 1 aromatic heterocycles. The summed E-state index contributed by atoms with van der Waals surface area (Å²) in [5.41, 5.74) is 5.49. The van der Waals surface area contributed by atoms with Crippen molar-refractivity contribution in [3.63, 3.8) is 0 Å². The molecular weight excluding hydrogens is 216 g/mol. The van der Waals surface area contributed by atoms with Gasteiger partial charge in [-0.1, -0.05) is 11.6 Å². The number of anilines is 1. The van der Waals surface area contributed by atoms with Crippen molar-refractivity contribution in [3.05, 3.63) is 16.8 Å². The maximum absolute atomic E-state index is 11.1. The first kappa shape index (κ1) is 10.2. The maximum Gasteiger partial charge on any atom is 0.252 e. The predicted octanol–water partition coefficient (Wildman–Crippen LogP) is 1.05. The van der Waals surface area contributed by atoms with Gasteiger partial charge in [-0.05, 0) is 24.8 Å². The number of carbonyl (C=O) groups excluding carboxylic acids is 1. The summed E-state index contributed by atoms with van der Waals surface area (Å²) >= 11 is 5.63. The van der Waals surface area contributed by atoms with Crippen LogP contribution in [0.3, 0.4) is 0 Å². The van der Waals surface area contributed by atoms with Gasteiger partial charge in [-0.15, -0.1) is 10.2 Å². The molecule has 1 aromatic rings. The van der Waals surface area contributed by atoms with Gasteiger partial charge in [0, 0.05) is 6.54 Å². The summed E-state index contributed by atoms with van der Waals surface area (Å²) in [6.07, 6.45) is 2.44. The molecule has 1 aliphatic rings. The number of carbonyl (C=O) groups is 1. The first-order valence-electron chi connectivity index (χ1n) is 4.73. The first-order valence-corrected chi connectivity index (χ1v) is 5.11. The lowest BCUT2D eigenvalue weighted by Crippen LogP contribution is -2.17. The highest BCUT2D eigenvalue weighted by molar-refractivity contribution is 6.29. The van der Waals surface area contributed by atoms with Gasteiger partial charge in [0.05, 0.1) is 5.56 Å². The third-order valence-electron chi connectivity index (χ3n) is 2.28. The van der Waals surface area contributed by atoms with E-state index in [-0.39, 0.29) is 10.7 Å². The van der Waals surface area contributed by atoms with Crippen molar-refractivity contribution in [1.29, 1.82) is 0 Å². The molecule has 0 atom stereocenters. The number of hydrogen-bond acceptors (Lipinski definition) is 4. The van der Waals surface area contributed by atoms with Gasteiger partial charge in [-0.25, -0.2) is 0 Å². The number of nitrogens with two attached hydrogens (primary N) is 1. The number of amides is 1. The van der Waals surface area contributed by atoms with E-state index in [9.17, 15) is 4.79 Å². The van der Waals surface area contributed by atoms with Gasteiger partial charge < -0.3 is 11.1 Å². The molecule has 80 valence electrons. The summed E-state index contributed by atoms with van der Waals surface area (Å²) in [6, 6.07) is 1.42. The summed E-state index contributed by atoms with van der Waals surface area (Å²) in [4.78, 5) is 11.1. The van der Waals surface area contributed by atoms with Crippen LogP contribution in [0.1, 0.15) is 23.2 Å². The number of nitrogens with zero attached hydrogens (tertiary/aromatic N) is 2. The highest BCUT2D eigenvalue weighted by Crippen LogP contribution is 2.29. The van der Waals surface area contributed by atoms with E-state index >= 15 is 0 Å². The van der Waals surface area contributed by atoms with Gasteiger partial charge >= 0.3 is 0 Å². The third-order valence-corrected chi connectivity index (χ3v) is 2.47. The van der Waals surface area contributed by atoms with E-state index in [4.69, 9.17) is 17.3 Å². The molecule has 0 bridgehead atoms. The van der Waals surface area contributed by atoms with Crippen molar-refractivity contribution in [2.45, 2.75) is 12.8 Å². The minimum atomic E-state index is -0.551. The standard InChI is InChI=1S/C9H11ClN4O/c10-7-3-6(8(11)15)9(14-13-7)12-4-5-1-2-5/h3,5H,1-2,4H2,(H2,11,15)(H,12,14). The van der Waals surface area contributed by atoms with Crippen LogP contribution in [0, 0.1) is 5.92 Å².